The molecule has 1 N–H and O–H groups in total. The summed E-state index contributed by atoms with van der Waals surface area (Å²) in [6, 6.07) is 17.4. The van der Waals surface area contributed by atoms with Crippen molar-refractivity contribution in [1.82, 2.24) is 0 Å². The Morgan fingerprint density at radius 1 is 0.864 bits per heavy atom. The fourth-order valence-electron chi connectivity index (χ4n) is 1.85. The molecule has 0 aromatic heterocycles. The van der Waals surface area contributed by atoms with Gasteiger partial charge in [0.1, 0.15) is 11.5 Å². The predicted octanol–water partition coefficient (Wildman–Crippen LogP) is 4.70. The van der Waals surface area contributed by atoms with Crippen LogP contribution in [0.1, 0.15) is 20.8 Å². The van der Waals surface area contributed by atoms with Crippen molar-refractivity contribution in [3.63, 3.8) is 0 Å². The zero-order valence-electron chi connectivity index (χ0n) is 13.0. The second-order valence-corrected chi connectivity index (χ2v) is 8.02. The molecule has 5 heteroatoms. The number of rotatable bonds is 5. The van der Waals surface area contributed by atoms with Gasteiger partial charge in [0.25, 0.3) is 0 Å². The number of hydrogen-bond acceptors (Lipinski definition) is 4. The SMILES string of the molecule is CC(C)(C)[C@H](O)P(=O)(Oc1ccccc1)Oc1ccccc1. The molecular weight excluding hydrogens is 299 g/mol. The average Bonchev–Trinajstić information content (AvgIpc) is 2.47. The number of aliphatic hydroxyl groups excluding tert-OH is 1. The van der Waals surface area contributed by atoms with E-state index in [1.807, 2.05) is 12.1 Å². The van der Waals surface area contributed by atoms with E-state index in [0.29, 0.717) is 11.5 Å². The van der Waals surface area contributed by atoms with E-state index in [4.69, 9.17) is 9.05 Å². The summed E-state index contributed by atoms with van der Waals surface area (Å²) in [6.07, 6.45) is 0. The summed E-state index contributed by atoms with van der Waals surface area (Å²) in [5, 5.41) is 10.5. The molecule has 2 aromatic rings. The molecule has 0 aliphatic carbocycles. The molecule has 0 bridgehead atoms. The number of benzene rings is 2. The minimum Gasteiger partial charge on any atom is -0.414 e. The molecule has 0 aliphatic rings. The third kappa shape index (κ3) is 4.12. The van der Waals surface area contributed by atoms with Gasteiger partial charge in [0, 0.05) is 5.41 Å². The van der Waals surface area contributed by atoms with Crippen LogP contribution in [0.25, 0.3) is 0 Å². The van der Waals surface area contributed by atoms with Crippen molar-refractivity contribution in [3.8, 4) is 11.5 Å². The first kappa shape index (κ1) is 16.6. The van der Waals surface area contributed by atoms with Gasteiger partial charge in [-0.1, -0.05) is 57.2 Å². The molecular formula is C17H21O4P. The van der Waals surface area contributed by atoms with Crippen LogP contribution >= 0.6 is 7.60 Å². The lowest BCUT2D eigenvalue weighted by molar-refractivity contribution is 0.108. The van der Waals surface area contributed by atoms with E-state index in [1.54, 1.807) is 69.3 Å². The Bertz CT molecular complexity index is 589. The van der Waals surface area contributed by atoms with Crippen LogP contribution in [0.15, 0.2) is 60.7 Å². The van der Waals surface area contributed by atoms with Crippen molar-refractivity contribution in [2.75, 3.05) is 0 Å². The van der Waals surface area contributed by atoms with Gasteiger partial charge in [0.05, 0.1) is 0 Å². The highest BCUT2D eigenvalue weighted by molar-refractivity contribution is 7.55. The Morgan fingerprint density at radius 3 is 1.55 bits per heavy atom. The summed E-state index contributed by atoms with van der Waals surface area (Å²) in [6.45, 7) is 5.35. The van der Waals surface area contributed by atoms with Crippen molar-refractivity contribution in [3.05, 3.63) is 60.7 Å². The summed E-state index contributed by atoms with van der Waals surface area (Å²) in [5.41, 5.74) is -0.654. The zero-order chi connectivity index (χ0) is 16.2. The molecule has 0 radical (unpaired) electrons. The molecule has 118 valence electrons. The van der Waals surface area contributed by atoms with Crippen LogP contribution in [0.2, 0.25) is 0 Å². The van der Waals surface area contributed by atoms with E-state index >= 15 is 0 Å². The highest BCUT2D eigenvalue weighted by Gasteiger charge is 2.45. The van der Waals surface area contributed by atoms with Gasteiger partial charge in [-0.2, -0.15) is 0 Å². The molecule has 0 spiro atoms. The minimum atomic E-state index is -3.82. The lowest BCUT2D eigenvalue weighted by Gasteiger charge is -2.31. The van der Waals surface area contributed by atoms with Crippen LogP contribution in [0.4, 0.5) is 0 Å². The molecule has 0 amide bonds. The zero-order valence-corrected chi connectivity index (χ0v) is 13.9. The molecule has 0 saturated heterocycles. The summed E-state index contributed by atoms with van der Waals surface area (Å²) < 4.78 is 24.4. The second-order valence-electron chi connectivity index (χ2n) is 6.09. The molecule has 22 heavy (non-hydrogen) atoms. The molecule has 0 aliphatic heterocycles. The third-order valence-corrected chi connectivity index (χ3v) is 5.33. The topological polar surface area (TPSA) is 55.8 Å². The van der Waals surface area contributed by atoms with Crippen molar-refractivity contribution < 1.29 is 18.7 Å². The summed E-state index contributed by atoms with van der Waals surface area (Å²) in [5.74, 6) is -0.476. The van der Waals surface area contributed by atoms with Gasteiger partial charge < -0.3 is 14.2 Å². The van der Waals surface area contributed by atoms with E-state index in [2.05, 4.69) is 0 Å². The first-order valence-electron chi connectivity index (χ1n) is 7.08. The van der Waals surface area contributed by atoms with E-state index in [0.717, 1.165) is 0 Å². The van der Waals surface area contributed by atoms with Crippen molar-refractivity contribution in [1.29, 1.82) is 0 Å². The van der Waals surface area contributed by atoms with Crippen LogP contribution in [0.5, 0.6) is 11.5 Å². The van der Waals surface area contributed by atoms with E-state index in [1.165, 1.54) is 0 Å². The van der Waals surface area contributed by atoms with Gasteiger partial charge in [0.2, 0.25) is 0 Å². The Hall–Kier alpha value is -1.77. The fraction of sp³-hybridized carbons (Fsp3) is 0.294. The smallest absolute Gasteiger partial charge is 0.414 e. The monoisotopic (exact) mass is 320 g/mol. The molecule has 0 saturated carbocycles. The van der Waals surface area contributed by atoms with Crippen LogP contribution in [0, 0.1) is 5.41 Å². The third-order valence-electron chi connectivity index (χ3n) is 3.03. The van der Waals surface area contributed by atoms with Crippen LogP contribution < -0.4 is 9.05 Å². The van der Waals surface area contributed by atoms with Crippen molar-refractivity contribution >= 4 is 7.60 Å². The quantitative estimate of drug-likeness (QED) is 0.811. The predicted molar refractivity (Wildman–Crippen MR) is 87.2 cm³/mol. The maximum Gasteiger partial charge on any atom is 0.459 e. The van der Waals surface area contributed by atoms with Crippen molar-refractivity contribution in [2.45, 2.75) is 26.6 Å². The molecule has 4 nitrogen and oxygen atoms in total. The van der Waals surface area contributed by atoms with Gasteiger partial charge in [-0.25, -0.2) is 4.57 Å². The maximum atomic E-state index is 13.2. The van der Waals surface area contributed by atoms with Crippen LogP contribution in [-0.4, -0.2) is 11.0 Å². The Labute approximate surface area is 131 Å². The number of aliphatic hydroxyl groups is 1. The Balaban J connectivity index is 2.34. The highest BCUT2D eigenvalue weighted by atomic mass is 31.2. The number of para-hydroxylation sites is 2. The van der Waals surface area contributed by atoms with E-state index in [-0.39, 0.29) is 0 Å². The minimum absolute atomic E-state index is 0.394. The van der Waals surface area contributed by atoms with Crippen molar-refractivity contribution in [2.24, 2.45) is 5.41 Å². The summed E-state index contributed by atoms with van der Waals surface area (Å²) >= 11 is 0. The molecule has 0 heterocycles. The van der Waals surface area contributed by atoms with Gasteiger partial charge >= 0.3 is 7.60 Å². The van der Waals surface area contributed by atoms with Gasteiger partial charge in [-0.15, -0.1) is 0 Å². The lowest BCUT2D eigenvalue weighted by atomic mass is 9.98. The first-order valence-corrected chi connectivity index (χ1v) is 8.69. The largest absolute Gasteiger partial charge is 0.459 e. The average molecular weight is 320 g/mol. The fourth-order valence-corrected chi connectivity index (χ4v) is 3.87. The van der Waals surface area contributed by atoms with E-state index < -0.39 is 18.9 Å². The van der Waals surface area contributed by atoms with Gasteiger partial charge in [0.15, 0.2) is 5.85 Å². The standard InChI is InChI=1S/C17H21O4P/c1-17(2,3)16(18)22(19,20-14-10-6-4-7-11-14)21-15-12-8-5-9-13-15/h4-13,16,18H,1-3H3/t16-/m1/s1. The first-order chi connectivity index (χ1) is 10.3. The Kier molecular flexibility index (Phi) is 4.94. The highest BCUT2D eigenvalue weighted by Crippen LogP contribution is 2.56. The van der Waals surface area contributed by atoms with Crippen LogP contribution in [0.3, 0.4) is 0 Å². The molecule has 0 fully saturated rings. The summed E-state index contributed by atoms with van der Waals surface area (Å²) in [7, 11) is -3.82. The summed E-state index contributed by atoms with van der Waals surface area (Å²) in [4.78, 5) is 0. The lowest BCUT2D eigenvalue weighted by Crippen LogP contribution is -2.29. The van der Waals surface area contributed by atoms with Gasteiger partial charge in [-0.3, -0.25) is 0 Å². The molecule has 2 aromatic carbocycles. The maximum absolute atomic E-state index is 13.2. The Morgan fingerprint density at radius 2 is 1.23 bits per heavy atom. The van der Waals surface area contributed by atoms with Gasteiger partial charge in [-0.05, 0) is 24.3 Å². The molecule has 0 unspecified atom stereocenters. The van der Waals surface area contributed by atoms with Crippen LogP contribution in [-0.2, 0) is 4.57 Å². The number of hydrogen-bond donors (Lipinski definition) is 1. The normalized spacial score (nSPS) is 13.5. The second kappa shape index (κ2) is 6.55. The van der Waals surface area contributed by atoms with E-state index in [9.17, 15) is 9.67 Å². The molecule has 1 atom stereocenters. The molecule has 2 rings (SSSR count).